The Hall–Kier alpha value is -4.02. The van der Waals surface area contributed by atoms with Crippen molar-refractivity contribution in [1.82, 2.24) is 14.8 Å². The van der Waals surface area contributed by atoms with Crippen LogP contribution in [0.5, 0.6) is 11.5 Å². The first-order valence-corrected chi connectivity index (χ1v) is 16.9. The van der Waals surface area contributed by atoms with Crippen molar-refractivity contribution in [3.05, 3.63) is 106 Å². The van der Waals surface area contributed by atoms with E-state index in [4.69, 9.17) is 35.9 Å². The number of nitrogens with zero attached hydrogens (tertiary/aromatic N) is 3. The van der Waals surface area contributed by atoms with E-state index in [9.17, 15) is 9.18 Å². The van der Waals surface area contributed by atoms with E-state index < -0.39 is 6.04 Å². The molecule has 1 N–H and O–H groups in total. The van der Waals surface area contributed by atoms with E-state index in [-0.39, 0.29) is 17.9 Å². The molecule has 4 aromatic rings. The second kappa shape index (κ2) is 14.6. The normalized spacial score (nSPS) is 16.5. The van der Waals surface area contributed by atoms with Crippen LogP contribution in [-0.4, -0.2) is 33.4 Å². The fraction of sp³-hybridized carbons (Fsp3) is 0.343. The summed E-state index contributed by atoms with van der Waals surface area (Å²) < 4.78 is 34.3. The monoisotopic (exact) mass is 662 g/mol. The molecule has 1 aromatic heterocycles. The van der Waals surface area contributed by atoms with Gasteiger partial charge in [0.2, 0.25) is 11.1 Å². The quantitative estimate of drug-likeness (QED) is 0.126. The number of benzene rings is 3. The summed E-state index contributed by atoms with van der Waals surface area (Å²) in [6, 6.07) is 19.1. The van der Waals surface area contributed by atoms with Crippen molar-refractivity contribution in [3.8, 4) is 11.5 Å². The molecule has 6 rings (SSSR count). The number of fused-ring (bicyclic) bond motifs is 1. The lowest BCUT2D eigenvalue weighted by Crippen LogP contribution is -2.32. The maximum atomic E-state index is 14.3. The molecule has 1 atom stereocenters. The van der Waals surface area contributed by atoms with Crippen LogP contribution in [0.15, 0.2) is 83.2 Å². The Balaban J connectivity index is 1.33. The van der Waals surface area contributed by atoms with Crippen molar-refractivity contribution in [2.45, 2.75) is 75.6 Å². The zero-order chi connectivity index (χ0) is 32.0. The fourth-order valence-electron chi connectivity index (χ4n) is 5.74. The minimum Gasteiger partial charge on any atom is -0.490 e. The third-order valence-corrected chi connectivity index (χ3v) is 9.22. The van der Waals surface area contributed by atoms with Crippen LogP contribution >= 0.6 is 23.4 Å². The van der Waals surface area contributed by atoms with Crippen molar-refractivity contribution in [1.29, 1.82) is 0 Å². The summed E-state index contributed by atoms with van der Waals surface area (Å²) in [5.74, 6) is 1.29. The number of rotatable bonds is 11. The van der Waals surface area contributed by atoms with E-state index in [0.29, 0.717) is 63.4 Å². The summed E-state index contributed by atoms with van der Waals surface area (Å²) in [6.45, 7) is 4.51. The van der Waals surface area contributed by atoms with Gasteiger partial charge in [-0.15, -0.1) is 5.10 Å². The number of ether oxygens (including phenoxy) is 3. The summed E-state index contributed by atoms with van der Waals surface area (Å²) >= 11 is 7.37. The molecule has 0 amide bonds. The maximum absolute atomic E-state index is 14.3. The summed E-state index contributed by atoms with van der Waals surface area (Å²) in [5, 5.41) is 9.19. The molecule has 11 heteroatoms. The van der Waals surface area contributed by atoms with Gasteiger partial charge in [-0.05, 0) is 86.6 Å². The molecule has 1 unspecified atom stereocenters. The molecule has 46 heavy (non-hydrogen) atoms. The van der Waals surface area contributed by atoms with Crippen molar-refractivity contribution >= 4 is 35.3 Å². The van der Waals surface area contributed by atoms with E-state index in [0.717, 1.165) is 43.2 Å². The third-order valence-electron chi connectivity index (χ3n) is 8.08. The topological polar surface area (TPSA) is 87.5 Å². The van der Waals surface area contributed by atoms with Gasteiger partial charge in [-0.1, -0.05) is 66.2 Å². The summed E-state index contributed by atoms with van der Waals surface area (Å²) in [4.78, 5) is 18.6. The molecule has 3 aromatic carbocycles. The van der Waals surface area contributed by atoms with Gasteiger partial charge in [-0.25, -0.2) is 13.9 Å². The number of halogens is 2. The smallest absolute Gasteiger partial charge is 0.338 e. The minimum absolute atomic E-state index is 0.117. The van der Waals surface area contributed by atoms with Gasteiger partial charge >= 0.3 is 5.97 Å². The summed E-state index contributed by atoms with van der Waals surface area (Å²) in [7, 11) is 0. The number of esters is 1. The van der Waals surface area contributed by atoms with Gasteiger partial charge in [0.25, 0.3) is 0 Å². The first-order chi connectivity index (χ1) is 22.4. The highest BCUT2D eigenvalue weighted by Gasteiger charge is 2.37. The number of anilines is 1. The summed E-state index contributed by atoms with van der Waals surface area (Å²) in [6.07, 6.45) is 4.84. The number of carbonyl (C=O) groups is 1. The number of nitrogens with one attached hydrogen (secondary N) is 1. The predicted octanol–water partition coefficient (Wildman–Crippen LogP) is 8.51. The van der Waals surface area contributed by atoms with E-state index in [1.807, 2.05) is 56.3 Å². The van der Waals surface area contributed by atoms with Crippen LogP contribution in [0.2, 0.25) is 5.02 Å². The van der Waals surface area contributed by atoms with Gasteiger partial charge in [0.15, 0.2) is 11.5 Å². The zero-order valence-corrected chi connectivity index (χ0v) is 27.4. The van der Waals surface area contributed by atoms with Crippen molar-refractivity contribution in [2.24, 2.45) is 0 Å². The van der Waals surface area contributed by atoms with Crippen molar-refractivity contribution in [3.63, 3.8) is 0 Å². The molecule has 0 radical (unpaired) electrons. The lowest BCUT2D eigenvalue weighted by atomic mass is 9.94. The van der Waals surface area contributed by atoms with Gasteiger partial charge < -0.3 is 19.5 Å². The third kappa shape index (κ3) is 7.34. The molecule has 1 aliphatic heterocycles. The molecular formula is C35H36ClFN4O4S. The number of carbonyl (C=O) groups excluding carboxylic acids is 1. The number of allylic oxidation sites excluding steroid dienone is 1. The van der Waals surface area contributed by atoms with Crippen LogP contribution in [-0.2, 0) is 21.9 Å². The standard InChI is InChI=1S/C35H36ClFN4O4S/c1-3-43-30-19-24(15-18-29(30)44-20-23-13-16-26(36)17-14-23)32-31(33(42)45-27-10-5-4-6-11-27)22(2)38-34-39-35(40-41(32)34)46-21-25-9-7-8-12-28(25)37/h7-9,12-19,27,32H,3-6,10-11,20-21H2,1-2H3,(H,38,39,40). The van der Waals surface area contributed by atoms with Gasteiger partial charge in [0, 0.05) is 16.5 Å². The van der Waals surface area contributed by atoms with Gasteiger partial charge in [0.1, 0.15) is 24.6 Å². The first-order valence-electron chi connectivity index (χ1n) is 15.5. The number of aromatic nitrogens is 3. The van der Waals surface area contributed by atoms with Crippen LogP contribution in [0.25, 0.3) is 0 Å². The zero-order valence-electron chi connectivity index (χ0n) is 25.8. The Kier molecular flexibility index (Phi) is 10.1. The number of thioether (sulfide) groups is 1. The Morgan fingerprint density at radius 3 is 2.59 bits per heavy atom. The van der Waals surface area contributed by atoms with Crippen LogP contribution in [0, 0.1) is 5.82 Å². The van der Waals surface area contributed by atoms with Gasteiger partial charge in [0.05, 0.1) is 12.2 Å². The minimum atomic E-state index is -0.646. The second-order valence-electron chi connectivity index (χ2n) is 11.3. The van der Waals surface area contributed by atoms with E-state index in [1.54, 1.807) is 22.9 Å². The molecule has 0 bridgehead atoms. The molecule has 0 spiro atoms. The highest BCUT2D eigenvalue weighted by atomic mass is 35.5. The largest absolute Gasteiger partial charge is 0.490 e. The molecule has 1 aliphatic carbocycles. The SMILES string of the molecule is CCOc1cc(C2C(C(=O)OC3CCCCC3)=C(C)Nc3nc(SCc4ccccc4F)nn32)ccc1OCc1ccc(Cl)cc1. The van der Waals surface area contributed by atoms with E-state index in [2.05, 4.69) is 5.32 Å². The van der Waals surface area contributed by atoms with Crippen LogP contribution in [0.1, 0.15) is 68.7 Å². The fourth-order valence-corrected chi connectivity index (χ4v) is 6.69. The average molecular weight is 663 g/mol. The maximum Gasteiger partial charge on any atom is 0.338 e. The Bertz CT molecular complexity index is 1720. The predicted molar refractivity (Wildman–Crippen MR) is 177 cm³/mol. The van der Waals surface area contributed by atoms with Gasteiger partial charge in [-0.2, -0.15) is 4.98 Å². The Morgan fingerprint density at radius 1 is 1.04 bits per heavy atom. The molecule has 8 nitrogen and oxygen atoms in total. The molecule has 240 valence electrons. The van der Waals surface area contributed by atoms with Crippen molar-refractivity contribution < 1.29 is 23.4 Å². The second-order valence-corrected chi connectivity index (χ2v) is 12.7. The highest BCUT2D eigenvalue weighted by molar-refractivity contribution is 7.98. The molecular weight excluding hydrogens is 627 g/mol. The molecule has 2 heterocycles. The lowest BCUT2D eigenvalue weighted by Gasteiger charge is -2.30. The van der Waals surface area contributed by atoms with Crippen LogP contribution < -0.4 is 14.8 Å². The lowest BCUT2D eigenvalue weighted by molar-refractivity contribution is -0.146. The molecule has 0 saturated heterocycles. The Morgan fingerprint density at radius 2 is 1.83 bits per heavy atom. The number of hydrogen-bond acceptors (Lipinski definition) is 8. The first kappa shape index (κ1) is 31.9. The average Bonchev–Trinajstić information content (AvgIpc) is 3.46. The summed E-state index contributed by atoms with van der Waals surface area (Å²) in [5.41, 5.74) is 3.37. The molecule has 2 aliphatic rings. The highest BCUT2D eigenvalue weighted by Crippen LogP contribution is 2.41. The van der Waals surface area contributed by atoms with Crippen LogP contribution in [0.4, 0.5) is 10.3 Å². The Labute approximate surface area is 277 Å². The van der Waals surface area contributed by atoms with E-state index >= 15 is 0 Å². The number of hydrogen-bond donors (Lipinski definition) is 1. The van der Waals surface area contributed by atoms with Crippen molar-refractivity contribution in [2.75, 3.05) is 11.9 Å². The molecule has 1 fully saturated rings. The van der Waals surface area contributed by atoms with Gasteiger partial charge in [-0.3, -0.25) is 0 Å². The molecule has 1 saturated carbocycles. The van der Waals surface area contributed by atoms with E-state index in [1.165, 1.54) is 17.8 Å². The van der Waals surface area contributed by atoms with Crippen LogP contribution in [0.3, 0.4) is 0 Å².